The van der Waals surface area contributed by atoms with Crippen LogP contribution in [0.15, 0.2) is 47.2 Å². The van der Waals surface area contributed by atoms with Crippen molar-refractivity contribution in [3.8, 4) is 0 Å². The molecule has 1 aromatic carbocycles. The second-order valence-corrected chi connectivity index (χ2v) is 2.59. The predicted octanol–water partition coefficient (Wildman–Crippen LogP) is 2.27. The normalized spacial score (nSPS) is 10.0. The van der Waals surface area contributed by atoms with E-state index in [-0.39, 0.29) is 0 Å². The van der Waals surface area contributed by atoms with Gasteiger partial charge in [-0.2, -0.15) is 0 Å². The molecule has 0 fully saturated rings. The highest BCUT2D eigenvalue weighted by atomic mass is 16.3. The van der Waals surface area contributed by atoms with Crippen LogP contribution in [0, 0.1) is 0 Å². The lowest BCUT2D eigenvalue weighted by Gasteiger charge is -1.94. The molecule has 0 saturated heterocycles. The topological polar surface area (TPSA) is 26.0 Å². The lowest BCUT2D eigenvalue weighted by atomic mass is 10.2. The van der Waals surface area contributed by atoms with E-state index in [1.54, 1.807) is 12.5 Å². The van der Waals surface area contributed by atoms with Crippen LogP contribution in [0.1, 0.15) is 11.5 Å². The van der Waals surface area contributed by atoms with Crippen LogP contribution in [0.25, 0.3) is 0 Å². The van der Waals surface area contributed by atoms with Crippen molar-refractivity contribution in [2.45, 2.75) is 6.42 Å². The molecule has 0 aliphatic carbocycles. The molecular formula is C10H9NO. The average molecular weight is 159 g/mol. The lowest BCUT2D eigenvalue weighted by Crippen LogP contribution is -1.86. The highest BCUT2D eigenvalue weighted by molar-refractivity contribution is 5.17. The molecule has 1 heterocycles. The van der Waals surface area contributed by atoms with Gasteiger partial charge < -0.3 is 4.42 Å². The third-order valence-corrected chi connectivity index (χ3v) is 1.68. The first kappa shape index (κ1) is 7.10. The number of benzene rings is 1. The number of hydrogen-bond donors (Lipinski definition) is 0. The van der Waals surface area contributed by atoms with Crippen LogP contribution in [0.2, 0.25) is 0 Å². The fourth-order valence-electron chi connectivity index (χ4n) is 1.11. The van der Waals surface area contributed by atoms with Gasteiger partial charge in [-0.1, -0.05) is 30.3 Å². The summed E-state index contributed by atoms with van der Waals surface area (Å²) >= 11 is 0. The van der Waals surface area contributed by atoms with Gasteiger partial charge in [0.1, 0.15) is 6.26 Å². The highest BCUT2D eigenvalue weighted by Crippen LogP contribution is 2.05. The summed E-state index contributed by atoms with van der Waals surface area (Å²) in [6, 6.07) is 10.1. The van der Waals surface area contributed by atoms with Crippen molar-refractivity contribution in [1.29, 1.82) is 0 Å². The first-order chi connectivity index (χ1) is 5.95. The minimum absolute atomic E-state index is 0.765. The molecule has 2 rings (SSSR count). The van der Waals surface area contributed by atoms with Gasteiger partial charge >= 0.3 is 0 Å². The number of hydrogen-bond acceptors (Lipinski definition) is 2. The molecule has 0 unspecified atom stereocenters. The standard InChI is InChI=1S/C10H9NO/c1-2-4-9(5-3-1)8-10-11-6-7-12-10/h1-7H,8H2. The van der Waals surface area contributed by atoms with Gasteiger partial charge in [-0.3, -0.25) is 0 Å². The molecule has 60 valence electrons. The van der Waals surface area contributed by atoms with E-state index in [4.69, 9.17) is 4.42 Å². The van der Waals surface area contributed by atoms with Crippen LogP contribution < -0.4 is 0 Å². The Labute approximate surface area is 70.9 Å². The second-order valence-electron chi connectivity index (χ2n) is 2.59. The first-order valence-corrected chi connectivity index (χ1v) is 3.87. The number of aromatic nitrogens is 1. The molecular weight excluding hydrogens is 150 g/mol. The predicted molar refractivity (Wildman–Crippen MR) is 45.8 cm³/mol. The summed E-state index contributed by atoms with van der Waals surface area (Å²) in [6.07, 6.45) is 4.03. The van der Waals surface area contributed by atoms with Gasteiger partial charge in [0.25, 0.3) is 0 Å². The zero-order valence-corrected chi connectivity index (χ0v) is 6.60. The molecule has 1 aromatic heterocycles. The van der Waals surface area contributed by atoms with E-state index >= 15 is 0 Å². The molecule has 0 atom stereocenters. The maximum absolute atomic E-state index is 5.13. The zero-order chi connectivity index (χ0) is 8.23. The van der Waals surface area contributed by atoms with E-state index in [0.29, 0.717) is 0 Å². The fourth-order valence-corrected chi connectivity index (χ4v) is 1.11. The minimum Gasteiger partial charge on any atom is -0.449 e. The Morgan fingerprint density at radius 3 is 2.67 bits per heavy atom. The van der Waals surface area contributed by atoms with E-state index in [2.05, 4.69) is 17.1 Å². The van der Waals surface area contributed by atoms with Crippen molar-refractivity contribution in [3.05, 3.63) is 54.2 Å². The fraction of sp³-hybridized carbons (Fsp3) is 0.100. The van der Waals surface area contributed by atoms with Crippen molar-refractivity contribution >= 4 is 0 Å². The van der Waals surface area contributed by atoms with Gasteiger partial charge in [0.2, 0.25) is 0 Å². The quantitative estimate of drug-likeness (QED) is 0.671. The Balaban J connectivity index is 2.15. The molecule has 0 amide bonds. The molecule has 2 nitrogen and oxygen atoms in total. The molecule has 0 aliphatic heterocycles. The summed E-state index contributed by atoms with van der Waals surface area (Å²) in [5.74, 6) is 0.765. The van der Waals surface area contributed by atoms with Crippen molar-refractivity contribution in [3.63, 3.8) is 0 Å². The Morgan fingerprint density at radius 1 is 1.17 bits per heavy atom. The monoisotopic (exact) mass is 159 g/mol. The van der Waals surface area contributed by atoms with E-state index in [1.165, 1.54) is 5.56 Å². The van der Waals surface area contributed by atoms with Crippen molar-refractivity contribution in [2.24, 2.45) is 0 Å². The third kappa shape index (κ3) is 1.53. The molecule has 12 heavy (non-hydrogen) atoms. The molecule has 0 spiro atoms. The van der Waals surface area contributed by atoms with Gasteiger partial charge in [0.15, 0.2) is 5.89 Å². The van der Waals surface area contributed by atoms with E-state index < -0.39 is 0 Å². The molecule has 0 aliphatic rings. The van der Waals surface area contributed by atoms with Crippen LogP contribution in [0.3, 0.4) is 0 Å². The third-order valence-electron chi connectivity index (χ3n) is 1.68. The van der Waals surface area contributed by atoms with Crippen LogP contribution in [-0.2, 0) is 6.42 Å². The Hall–Kier alpha value is -1.57. The van der Waals surface area contributed by atoms with Crippen molar-refractivity contribution in [2.75, 3.05) is 0 Å². The largest absolute Gasteiger partial charge is 0.449 e. The van der Waals surface area contributed by atoms with Crippen LogP contribution in [-0.4, -0.2) is 4.98 Å². The van der Waals surface area contributed by atoms with Crippen LogP contribution in [0.4, 0.5) is 0 Å². The van der Waals surface area contributed by atoms with Gasteiger partial charge in [-0.15, -0.1) is 0 Å². The van der Waals surface area contributed by atoms with Gasteiger partial charge in [-0.05, 0) is 5.56 Å². The smallest absolute Gasteiger partial charge is 0.198 e. The Bertz CT molecular complexity index is 326. The van der Waals surface area contributed by atoms with E-state index in [1.807, 2.05) is 18.2 Å². The Kier molecular flexibility index (Phi) is 1.90. The Morgan fingerprint density at radius 2 is 2.00 bits per heavy atom. The maximum atomic E-state index is 5.13. The maximum Gasteiger partial charge on any atom is 0.198 e. The number of oxazole rings is 1. The van der Waals surface area contributed by atoms with Crippen LogP contribution >= 0.6 is 0 Å². The van der Waals surface area contributed by atoms with E-state index in [9.17, 15) is 0 Å². The molecule has 0 saturated carbocycles. The molecule has 0 bridgehead atoms. The first-order valence-electron chi connectivity index (χ1n) is 3.87. The second kappa shape index (κ2) is 3.22. The highest BCUT2D eigenvalue weighted by Gasteiger charge is 1.97. The summed E-state index contributed by atoms with van der Waals surface area (Å²) in [4.78, 5) is 4.04. The molecule has 0 radical (unpaired) electrons. The molecule has 0 N–H and O–H groups in total. The summed E-state index contributed by atoms with van der Waals surface area (Å²) in [5.41, 5.74) is 1.22. The summed E-state index contributed by atoms with van der Waals surface area (Å²) < 4.78 is 5.13. The lowest BCUT2D eigenvalue weighted by molar-refractivity contribution is 0.507. The number of rotatable bonds is 2. The van der Waals surface area contributed by atoms with Crippen LogP contribution in [0.5, 0.6) is 0 Å². The minimum atomic E-state index is 0.765. The van der Waals surface area contributed by atoms with Gasteiger partial charge in [-0.25, -0.2) is 4.98 Å². The number of nitrogens with zero attached hydrogens (tertiary/aromatic N) is 1. The van der Waals surface area contributed by atoms with Gasteiger partial charge in [0.05, 0.1) is 6.20 Å². The van der Waals surface area contributed by atoms with E-state index in [0.717, 1.165) is 12.3 Å². The molecule has 2 heteroatoms. The van der Waals surface area contributed by atoms with Gasteiger partial charge in [0, 0.05) is 6.42 Å². The summed E-state index contributed by atoms with van der Waals surface area (Å²) in [6.45, 7) is 0. The zero-order valence-electron chi connectivity index (χ0n) is 6.60. The van der Waals surface area contributed by atoms with Crippen molar-refractivity contribution in [1.82, 2.24) is 4.98 Å². The SMILES string of the molecule is c1ccc(Cc2ncco2)cc1. The molecule has 2 aromatic rings. The van der Waals surface area contributed by atoms with Crippen molar-refractivity contribution < 1.29 is 4.42 Å². The summed E-state index contributed by atoms with van der Waals surface area (Å²) in [7, 11) is 0. The average Bonchev–Trinajstić information content (AvgIpc) is 2.59. The summed E-state index contributed by atoms with van der Waals surface area (Å²) in [5, 5.41) is 0.